The van der Waals surface area contributed by atoms with Gasteiger partial charge in [-0.15, -0.1) is 0 Å². The van der Waals surface area contributed by atoms with E-state index < -0.39 is 26.7 Å². The molecule has 2 aromatic rings. The number of nitrogens with one attached hydrogen (secondary N) is 1. The van der Waals surface area contributed by atoms with E-state index in [2.05, 4.69) is 9.46 Å². The van der Waals surface area contributed by atoms with Gasteiger partial charge in [0.2, 0.25) is 0 Å². The van der Waals surface area contributed by atoms with Gasteiger partial charge in [0.1, 0.15) is 10.7 Å². The normalized spacial score (nSPS) is 11.0. The highest BCUT2D eigenvalue weighted by Gasteiger charge is 2.20. The van der Waals surface area contributed by atoms with Gasteiger partial charge in [-0.25, -0.2) is 17.6 Å². The summed E-state index contributed by atoms with van der Waals surface area (Å²) in [5.74, 6) is -1.44. The molecule has 5 nitrogen and oxygen atoms in total. The van der Waals surface area contributed by atoms with Crippen LogP contribution in [0.1, 0.15) is 15.9 Å². The number of hydrogen-bond donors (Lipinski definition) is 1. The highest BCUT2D eigenvalue weighted by molar-refractivity contribution is 7.92. The van der Waals surface area contributed by atoms with E-state index in [4.69, 9.17) is 0 Å². The summed E-state index contributed by atoms with van der Waals surface area (Å²) in [6.45, 7) is 1.67. The molecule has 0 fully saturated rings. The smallest absolute Gasteiger partial charge is 0.337 e. The molecule has 2 rings (SSSR count). The molecule has 0 amide bonds. The first-order chi connectivity index (χ1) is 10.3. The summed E-state index contributed by atoms with van der Waals surface area (Å²) in [7, 11) is -2.87. The number of carbonyl (C=O) groups excluding carboxylic acids is 1. The zero-order valence-electron chi connectivity index (χ0n) is 12.0. The largest absolute Gasteiger partial charge is 0.465 e. The second kappa shape index (κ2) is 6.15. The molecular weight excluding hydrogens is 309 g/mol. The molecule has 0 aliphatic rings. The fraction of sp³-hybridized carbons (Fsp3) is 0.133. The van der Waals surface area contributed by atoms with Crippen LogP contribution >= 0.6 is 0 Å². The van der Waals surface area contributed by atoms with Crippen molar-refractivity contribution in [2.24, 2.45) is 0 Å². The van der Waals surface area contributed by atoms with Crippen molar-refractivity contribution in [1.29, 1.82) is 0 Å². The van der Waals surface area contributed by atoms with Crippen LogP contribution in [0, 0.1) is 12.7 Å². The highest BCUT2D eigenvalue weighted by Crippen LogP contribution is 2.23. The molecule has 0 unspecified atom stereocenters. The van der Waals surface area contributed by atoms with Crippen LogP contribution in [0.3, 0.4) is 0 Å². The number of esters is 1. The molecule has 1 N–H and O–H groups in total. The molecule has 0 aliphatic heterocycles. The lowest BCUT2D eigenvalue weighted by molar-refractivity contribution is 0.0601. The molecule has 22 heavy (non-hydrogen) atoms. The van der Waals surface area contributed by atoms with Crippen molar-refractivity contribution in [3.8, 4) is 0 Å². The minimum Gasteiger partial charge on any atom is -0.465 e. The Morgan fingerprint density at radius 1 is 1.18 bits per heavy atom. The first-order valence-electron chi connectivity index (χ1n) is 6.31. The predicted octanol–water partition coefficient (Wildman–Crippen LogP) is 2.72. The number of sulfonamides is 1. The molecule has 0 aliphatic carbocycles. The number of hydrogen-bond acceptors (Lipinski definition) is 4. The Balaban J connectivity index is 2.42. The Morgan fingerprint density at radius 3 is 2.50 bits per heavy atom. The van der Waals surface area contributed by atoms with Crippen LogP contribution < -0.4 is 4.72 Å². The molecule has 0 atom stereocenters. The lowest BCUT2D eigenvalue weighted by Crippen LogP contribution is -2.16. The first kappa shape index (κ1) is 16.0. The van der Waals surface area contributed by atoms with Crippen molar-refractivity contribution >= 4 is 21.7 Å². The van der Waals surface area contributed by atoms with Gasteiger partial charge in [0.15, 0.2) is 0 Å². The highest BCUT2D eigenvalue weighted by atomic mass is 32.2. The molecule has 0 saturated carbocycles. The fourth-order valence-electron chi connectivity index (χ4n) is 1.84. The zero-order chi connectivity index (χ0) is 16.3. The van der Waals surface area contributed by atoms with Crippen LogP contribution in [0.25, 0.3) is 0 Å². The Morgan fingerprint density at radius 2 is 1.86 bits per heavy atom. The second-order valence-corrected chi connectivity index (χ2v) is 6.21. The molecule has 2 aromatic carbocycles. The minimum absolute atomic E-state index is 0.186. The Hall–Kier alpha value is -2.41. The van der Waals surface area contributed by atoms with E-state index in [0.29, 0.717) is 5.56 Å². The summed E-state index contributed by atoms with van der Waals surface area (Å²) in [4.78, 5) is 11.0. The van der Waals surface area contributed by atoms with Crippen LogP contribution in [0.4, 0.5) is 10.1 Å². The van der Waals surface area contributed by atoms with E-state index in [1.54, 1.807) is 13.0 Å². The summed E-state index contributed by atoms with van der Waals surface area (Å²) < 4.78 is 45.0. The standard InChI is InChI=1S/C15H14FNO4S/c1-10-7-8-11(15(18)21-2)9-13(10)17-22(19,20)14-6-4-3-5-12(14)16/h3-9,17H,1-2H3. The molecular formula is C15H14FNO4S. The Kier molecular flexibility index (Phi) is 4.46. The molecule has 116 valence electrons. The summed E-state index contributed by atoms with van der Waals surface area (Å²) in [5.41, 5.74) is 0.970. The van der Waals surface area contributed by atoms with Crippen molar-refractivity contribution in [3.05, 3.63) is 59.4 Å². The van der Waals surface area contributed by atoms with Crippen LogP contribution in [-0.4, -0.2) is 21.5 Å². The maximum Gasteiger partial charge on any atom is 0.337 e. The van der Waals surface area contributed by atoms with Gasteiger partial charge in [-0.2, -0.15) is 0 Å². The van der Waals surface area contributed by atoms with Crippen LogP contribution in [0.5, 0.6) is 0 Å². The number of methoxy groups -OCH3 is 1. The number of rotatable bonds is 4. The third-order valence-electron chi connectivity index (χ3n) is 3.03. The van der Waals surface area contributed by atoms with Gasteiger partial charge >= 0.3 is 5.97 Å². The molecule has 0 spiro atoms. The van der Waals surface area contributed by atoms with Crippen molar-refractivity contribution in [1.82, 2.24) is 0 Å². The monoisotopic (exact) mass is 323 g/mol. The van der Waals surface area contributed by atoms with Gasteiger partial charge in [0, 0.05) is 0 Å². The third-order valence-corrected chi connectivity index (χ3v) is 4.43. The number of anilines is 1. The Bertz CT molecular complexity index is 818. The average molecular weight is 323 g/mol. The quantitative estimate of drug-likeness (QED) is 0.878. The van der Waals surface area contributed by atoms with Gasteiger partial charge in [-0.05, 0) is 36.8 Å². The number of aryl methyl sites for hydroxylation is 1. The van der Waals surface area contributed by atoms with Crippen molar-refractivity contribution in [2.75, 3.05) is 11.8 Å². The van der Waals surface area contributed by atoms with Crippen LogP contribution in [0.2, 0.25) is 0 Å². The molecule has 7 heteroatoms. The first-order valence-corrected chi connectivity index (χ1v) is 7.80. The summed E-state index contributed by atoms with van der Waals surface area (Å²) >= 11 is 0. The zero-order valence-corrected chi connectivity index (χ0v) is 12.8. The second-order valence-electron chi connectivity index (χ2n) is 4.56. The summed E-state index contributed by atoms with van der Waals surface area (Å²) in [6.07, 6.45) is 0. The summed E-state index contributed by atoms with van der Waals surface area (Å²) in [6, 6.07) is 9.49. The van der Waals surface area contributed by atoms with Crippen molar-refractivity contribution < 1.29 is 22.3 Å². The summed E-state index contributed by atoms with van der Waals surface area (Å²) in [5, 5.41) is 0. The van der Waals surface area contributed by atoms with E-state index in [1.165, 1.54) is 31.4 Å². The van der Waals surface area contributed by atoms with E-state index in [1.807, 2.05) is 0 Å². The minimum atomic E-state index is -4.09. The van der Waals surface area contributed by atoms with Gasteiger partial charge in [0.05, 0.1) is 18.4 Å². The maximum absolute atomic E-state index is 13.7. The molecule has 0 aromatic heterocycles. The third kappa shape index (κ3) is 3.25. The van der Waals surface area contributed by atoms with E-state index in [9.17, 15) is 17.6 Å². The van der Waals surface area contributed by atoms with Gasteiger partial charge < -0.3 is 4.74 Å². The Labute approximate surface area is 127 Å². The van der Waals surface area contributed by atoms with Crippen LogP contribution in [0.15, 0.2) is 47.4 Å². The van der Waals surface area contributed by atoms with Gasteiger partial charge in [0.25, 0.3) is 10.0 Å². The van der Waals surface area contributed by atoms with Crippen LogP contribution in [-0.2, 0) is 14.8 Å². The van der Waals surface area contributed by atoms with Gasteiger partial charge in [-0.1, -0.05) is 18.2 Å². The van der Waals surface area contributed by atoms with Crippen molar-refractivity contribution in [2.45, 2.75) is 11.8 Å². The number of halogens is 1. The molecule has 0 radical (unpaired) electrons. The maximum atomic E-state index is 13.7. The fourth-order valence-corrected chi connectivity index (χ4v) is 3.04. The molecule has 0 heterocycles. The number of carbonyl (C=O) groups is 1. The van der Waals surface area contributed by atoms with E-state index in [-0.39, 0.29) is 11.3 Å². The molecule has 0 bridgehead atoms. The van der Waals surface area contributed by atoms with Crippen molar-refractivity contribution in [3.63, 3.8) is 0 Å². The lowest BCUT2D eigenvalue weighted by Gasteiger charge is -2.12. The number of benzene rings is 2. The lowest BCUT2D eigenvalue weighted by atomic mass is 10.1. The topological polar surface area (TPSA) is 72.5 Å². The number of ether oxygens (including phenoxy) is 1. The van der Waals surface area contributed by atoms with E-state index >= 15 is 0 Å². The van der Waals surface area contributed by atoms with Gasteiger partial charge in [-0.3, -0.25) is 4.72 Å². The SMILES string of the molecule is COC(=O)c1ccc(C)c(NS(=O)(=O)c2ccccc2F)c1. The molecule has 0 saturated heterocycles. The van der Waals surface area contributed by atoms with E-state index in [0.717, 1.165) is 12.1 Å². The average Bonchev–Trinajstić information content (AvgIpc) is 2.48. The predicted molar refractivity (Wildman–Crippen MR) is 79.7 cm³/mol.